The first-order valence-corrected chi connectivity index (χ1v) is 8.54. The molecule has 0 saturated carbocycles. The quantitative estimate of drug-likeness (QED) is 0.552. The zero-order valence-corrected chi connectivity index (χ0v) is 14.4. The molecule has 5 atom stereocenters. The molecule has 0 bridgehead atoms. The number of nitrogens with zero attached hydrogens (tertiary/aromatic N) is 4. The highest BCUT2D eigenvalue weighted by atomic mass is 16.7. The van der Waals surface area contributed by atoms with Crippen LogP contribution >= 0.6 is 0 Å². The van der Waals surface area contributed by atoms with Gasteiger partial charge in [-0.2, -0.15) is 0 Å². The van der Waals surface area contributed by atoms with Crippen molar-refractivity contribution in [2.24, 2.45) is 10.7 Å². The molecule has 1 saturated heterocycles. The van der Waals surface area contributed by atoms with Gasteiger partial charge in [-0.15, -0.1) is 0 Å². The Hall–Kier alpha value is -2.34. The second kappa shape index (κ2) is 7.35. The third-order valence-corrected chi connectivity index (χ3v) is 4.66. The first-order chi connectivity index (χ1) is 13.1. The molecule has 0 amide bonds. The third kappa shape index (κ3) is 3.23. The molecule has 2 aliphatic rings. The van der Waals surface area contributed by atoms with Crippen molar-refractivity contribution in [2.45, 2.75) is 37.3 Å². The Kier molecular flexibility index (Phi) is 4.91. The molecule has 1 fully saturated rings. The second-order valence-corrected chi connectivity index (χ2v) is 6.40. The molecule has 27 heavy (non-hydrogen) atoms. The molecule has 2 aromatic rings. The van der Waals surface area contributed by atoms with E-state index >= 15 is 0 Å². The van der Waals surface area contributed by atoms with Crippen LogP contribution < -0.4 is 5.73 Å². The molecule has 4 rings (SSSR count). The Morgan fingerprint density at radius 1 is 1.19 bits per heavy atom. The van der Waals surface area contributed by atoms with Crippen LogP contribution in [0, 0.1) is 0 Å². The monoisotopic (exact) mass is 375 g/mol. The maximum atomic E-state index is 10.2. The van der Waals surface area contributed by atoms with Crippen molar-refractivity contribution in [2.75, 3.05) is 6.61 Å². The van der Waals surface area contributed by atoms with Crippen LogP contribution in [0.3, 0.4) is 0 Å². The van der Waals surface area contributed by atoms with Gasteiger partial charge in [0.05, 0.1) is 12.9 Å². The summed E-state index contributed by atoms with van der Waals surface area (Å²) in [6.45, 7) is -0.0824. The molecule has 10 heteroatoms. The highest BCUT2D eigenvalue weighted by molar-refractivity contribution is 5.64. The van der Waals surface area contributed by atoms with Gasteiger partial charge in [0.2, 0.25) is 0 Å². The van der Waals surface area contributed by atoms with E-state index in [0.717, 1.165) is 5.56 Å². The molecule has 5 N–H and O–H groups in total. The summed E-state index contributed by atoms with van der Waals surface area (Å²) in [5.41, 5.74) is 7.66. The highest BCUT2D eigenvalue weighted by Gasteiger charge is 2.44. The van der Waals surface area contributed by atoms with Crippen LogP contribution in [0.4, 0.5) is 5.82 Å². The normalized spacial score (nSPS) is 29.9. The molecular formula is C17H21N5O5. The molecule has 144 valence electrons. The summed E-state index contributed by atoms with van der Waals surface area (Å²) in [7, 11) is 0. The van der Waals surface area contributed by atoms with Crippen LogP contribution in [0.1, 0.15) is 23.7 Å². The lowest BCUT2D eigenvalue weighted by atomic mass is 10.1. The van der Waals surface area contributed by atoms with Gasteiger partial charge in [0.1, 0.15) is 37.0 Å². The molecule has 3 heterocycles. The third-order valence-electron chi connectivity index (χ3n) is 4.66. The van der Waals surface area contributed by atoms with E-state index < -0.39 is 37.3 Å². The number of imidazole rings is 1. The fourth-order valence-corrected chi connectivity index (χ4v) is 3.15. The van der Waals surface area contributed by atoms with E-state index in [1.807, 2.05) is 30.3 Å². The van der Waals surface area contributed by atoms with Crippen LogP contribution in [0.5, 0.6) is 0 Å². The number of fused-ring (bicyclic) bond motifs is 1. The average Bonchev–Trinajstić information content (AvgIpc) is 3.24. The van der Waals surface area contributed by atoms with E-state index in [0.29, 0.717) is 18.1 Å². The van der Waals surface area contributed by atoms with Gasteiger partial charge in [-0.05, 0) is 5.56 Å². The number of aliphatic hydroxyl groups excluding tert-OH is 3. The van der Waals surface area contributed by atoms with Crippen LogP contribution in [0.15, 0.2) is 41.7 Å². The lowest BCUT2D eigenvalue weighted by Gasteiger charge is -2.28. The average molecular weight is 375 g/mol. The predicted molar refractivity (Wildman–Crippen MR) is 93.4 cm³/mol. The first kappa shape index (κ1) is 18.0. The molecule has 0 spiro atoms. The first-order valence-electron chi connectivity index (χ1n) is 8.54. The zero-order valence-electron chi connectivity index (χ0n) is 14.4. The number of benzene rings is 1. The molecule has 2 aliphatic heterocycles. The van der Waals surface area contributed by atoms with Crippen LogP contribution in [-0.4, -0.2) is 61.2 Å². The molecule has 10 nitrogen and oxygen atoms in total. The molecule has 0 radical (unpaired) electrons. The number of aliphatic imine (C=N–C) groups is 1. The second-order valence-electron chi connectivity index (χ2n) is 6.40. The van der Waals surface area contributed by atoms with Crippen molar-refractivity contribution in [3.8, 4) is 0 Å². The van der Waals surface area contributed by atoms with E-state index in [-0.39, 0.29) is 0 Å². The Morgan fingerprint density at radius 3 is 2.67 bits per heavy atom. The van der Waals surface area contributed by atoms with Crippen molar-refractivity contribution in [3.63, 3.8) is 0 Å². The SMILES string of the molecule is NC1c2ncn([C@@H]3O[C@H](CO)C(O)C3O)c2N=CN1OCc1ccccc1. The number of nitrogens with two attached hydrogens (primary N) is 1. The summed E-state index contributed by atoms with van der Waals surface area (Å²) in [5, 5.41) is 30.8. The number of hydrogen-bond acceptors (Lipinski definition) is 9. The minimum Gasteiger partial charge on any atom is -0.394 e. The van der Waals surface area contributed by atoms with Crippen molar-refractivity contribution in [3.05, 3.63) is 47.9 Å². The Morgan fingerprint density at radius 2 is 1.96 bits per heavy atom. The van der Waals surface area contributed by atoms with Gasteiger partial charge in [0, 0.05) is 0 Å². The Bertz CT molecular complexity index is 813. The van der Waals surface area contributed by atoms with Crippen molar-refractivity contribution in [1.29, 1.82) is 0 Å². The minimum atomic E-state index is -1.22. The molecule has 1 aromatic heterocycles. The molecule has 0 aliphatic carbocycles. The van der Waals surface area contributed by atoms with Crippen molar-refractivity contribution >= 4 is 12.2 Å². The van der Waals surface area contributed by atoms with Gasteiger partial charge < -0.3 is 25.8 Å². The highest BCUT2D eigenvalue weighted by Crippen LogP contribution is 2.37. The standard InChI is InChI=1S/C17H21N5O5/c18-15-12-16(20-9-22(15)26-7-10-4-2-1-3-5-10)21(8-19-12)17-14(25)13(24)11(6-23)27-17/h1-5,8-9,11,13-15,17,23-25H,6-7,18H2/t11-,13?,14?,15?,17-/m1/s1. The summed E-state index contributed by atoms with van der Waals surface area (Å²) in [5.74, 6) is 0.400. The largest absolute Gasteiger partial charge is 0.394 e. The van der Waals surface area contributed by atoms with E-state index in [4.69, 9.17) is 15.3 Å². The van der Waals surface area contributed by atoms with Gasteiger partial charge in [-0.25, -0.2) is 15.0 Å². The Balaban J connectivity index is 1.50. The van der Waals surface area contributed by atoms with Gasteiger partial charge in [-0.3, -0.25) is 9.40 Å². The van der Waals surface area contributed by atoms with E-state index in [2.05, 4.69) is 9.98 Å². The lowest BCUT2D eigenvalue weighted by molar-refractivity contribution is -0.136. The van der Waals surface area contributed by atoms with Gasteiger partial charge >= 0.3 is 0 Å². The van der Waals surface area contributed by atoms with Crippen LogP contribution in [0.25, 0.3) is 0 Å². The van der Waals surface area contributed by atoms with E-state index in [1.165, 1.54) is 22.3 Å². The van der Waals surface area contributed by atoms with Gasteiger partial charge in [-0.1, -0.05) is 30.3 Å². The minimum absolute atomic E-state index is 0.325. The van der Waals surface area contributed by atoms with Gasteiger partial charge in [0.25, 0.3) is 0 Å². The summed E-state index contributed by atoms with van der Waals surface area (Å²) < 4.78 is 7.02. The molecule has 3 unspecified atom stereocenters. The number of rotatable bonds is 5. The van der Waals surface area contributed by atoms with E-state index in [9.17, 15) is 15.3 Å². The van der Waals surface area contributed by atoms with Crippen LogP contribution in [0.2, 0.25) is 0 Å². The lowest BCUT2D eigenvalue weighted by Crippen LogP contribution is -2.36. The Labute approximate surface area is 155 Å². The molecular weight excluding hydrogens is 354 g/mol. The summed E-state index contributed by atoms with van der Waals surface area (Å²) >= 11 is 0. The smallest absolute Gasteiger partial charge is 0.165 e. The van der Waals surface area contributed by atoms with Crippen molar-refractivity contribution in [1.82, 2.24) is 14.6 Å². The topological polar surface area (TPSA) is 139 Å². The van der Waals surface area contributed by atoms with Crippen molar-refractivity contribution < 1.29 is 24.9 Å². The zero-order chi connectivity index (χ0) is 19.0. The maximum Gasteiger partial charge on any atom is 0.165 e. The predicted octanol–water partition coefficient (Wildman–Crippen LogP) is -0.441. The number of aromatic nitrogens is 2. The summed E-state index contributed by atoms with van der Waals surface area (Å²) in [6, 6.07) is 9.64. The number of aliphatic hydroxyl groups is 3. The fraction of sp³-hybridized carbons (Fsp3) is 0.412. The fourth-order valence-electron chi connectivity index (χ4n) is 3.15. The number of hydrogen-bond donors (Lipinski definition) is 4. The number of ether oxygens (including phenoxy) is 1. The summed E-state index contributed by atoms with van der Waals surface area (Å²) in [4.78, 5) is 14.3. The van der Waals surface area contributed by atoms with Gasteiger partial charge in [0.15, 0.2) is 18.2 Å². The molecule has 1 aromatic carbocycles. The maximum absolute atomic E-state index is 10.2. The number of hydroxylamine groups is 2. The van der Waals surface area contributed by atoms with Crippen LogP contribution in [-0.2, 0) is 16.2 Å². The summed E-state index contributed by atoms with van der Waals surface area (Å²) in [6.07, 6.45) is -2.05. The van der Waals surface area contributed by atoms with E-state index in [1.54, 1.807) is 0 Å².